The van der Waals surface area contributed by atoms with E-state index >= 15 is 0 Å². The predicted octanol–water partition coefficient (Wildman–Crippen LogP) is 5.66. The normalized spacial score (nSPS) is 14.6. The number of fused-ring (bicyclic) bond motifs is 1. The maximum absolute atomic E-state index is 6.08. The summed E-state index contributed by atoms with van der Waals surface area (Å²) in [5.74, 6) is 3.36. The molecule has 1 aliphatic rings. The molecule has 0 saturated carbocycles. The lowest BCUT2D eigenvalue weighted by Gasteiger charge is -2.22. The molecule has 33 heavy (non-hydrogen) atoms. The molecule has 0 N–H and O–H groups in total. The summed E-state index contributed by atoms with van der Waals surface area (Å²) in [5.41, 5.74) is 3.29. The number of benzene rings is 3. The van der Waals surface area contributed by atoms with Crippen LogP contribution in [0, 0.1) is 0 Å². The summed E-state index contributed by atoms with van der Waals surface area (Å²) in [6, 6.07) is 12.0. The summed E-state index contributed by atoms with van der Waals surface area (Å²) in [4.78, 5) is 4.87. The fourth-order valence-corrected chi connectivity index (χ4v) is 4.32. The van der Waals surface area contributed by atoms with Crippen molar-refractivity contribution in [2.75, 3.05) is 35.0 Å². The van der Waals surface area contributed by atoms with Crippen molar-refractivity contribution in [3.8, 4) is 34.1 Å². The largest absolute Gasteiger partial charge is 0.496 e. The number of aliphatic imine (C=N–C) groups is 1. The number of methoxy groups -OCH3 is 4. The van der Waals surface area contributed by atoms with Gasteiger partial charge in [-0.05, 0) is 50.1 Å². The molecule has 0 saturated heterocycles. The zero-order chi connectivity index (χ0) is 23.8. The number of ether oxygens (including phenoxy) is 5. The summed E-state index contributed by atoms with van der Waals surface area (Å²) in [7, 11) is 6.64. The molecule has 1 aliphatic heterocycles. The second-order valence-corrected chi connectivity index (χ2v) is 8.63. The first kappa shape index (κ1) is 22.8. The Balaban J connectivity index is 2.14. The fraction of sp³-hybridized carbons (Fsp3) is 0.370. The van der Waals surface area contributed by atoms with Gasteiger partial charge < -0.3 is 23.7 Å². The molecular weight excluding hydrogens is 418 g/mol. The molecule has 0 amide bonds. The van der Waals surface area contributed by atoms with Crippen molar-refractivity contribution in [3.05, 3.63) is 47.5 Å². The first-order chi connectivity index (χ1) is 15.9. The van der Waals surface area contributed by atoms with Gasteiger partial charge in [0.15, 0.2) is 0 Å². The fourth-order valence-electron chi connectivity index (χ4n) is 4.32. The molecule has 6 nitrogen and oxygen atoms in total. The van der Waals surface area contributed by atoms with E-state index < -0.39 is 0 Å². The van der Waals surface area contributed by atoms with Gasteiger partial charge in [0, 0.05) is 21.9 Å². The zero-order valence-corrected chi connectivity index (χ0v) is 20.4. The van der Waals surface area contributed by atoms with E-state index in [0.717, 1.165) is 45.2 Å². The number of nitrogens with zero attached hydrogens (tertiary/aromatic N) is 1. The topological polar surface area (TPSA) is 58.5 Å². The Kier molecular flexibility index (Phi) is 6.11. The number of aryl methyl sites for hydroxylation is 1. The Hall–Kier alpha value is -3.41. The molecule has 0 aliphatic carbocycles. The minimum Gasteiger partial charge on any atom is -0.496 e. The SMILES string of the molecule is CCc1cc(OC)c(-c2c(OC)cc3c(OC)cccc3c2OC)c(C2=NC(C)(C)CO2)c1. The van der Waals surface area contributed by atoms with Crippen LogP contribution in [0.1, 0.15) is 31.9 Å². The van der Waals surface area contributed by atoms with Gasteiger partial charge in [-0.25, -0.2) is 4.99 Å². The number of rotatable bonds is 7. The van der Waals surface area contributed by atoms with E-state index in [1.165, 1.54) is 0 Å². The standard InChI is InChI=1S/C27H31NO5/c1-8-16-12-19(26-28-27(2,3)15-33-26)23(21(13-16)30-5)24-22(31-6)14-18-17(25(24)32-7)10-9-11-20(18)29-4/h9-14H,8,15H2,1-7H3. The van der Waals surface area contributed by atoms with Crippen molar-refractivity contribution in [3.63, 3.8) is 0 Å². The molecule has 3 aromatic carbocycles. The van der Waals surface area contributed by atoms with Gasteiger partial charge in [-0.2, -0.15) is 0 Å². The van der Waals surface area contributed by atoms with Gasteiger partial charge in [0.05, 0.1) is 39.5 Å². The van der Waals surface area contributed by atoms with E-state index in [-0.39, 0.29) is 5.54 Å². The average Bonchev–Trinajstić information content (AvgIpc) is 3.20. The molecule has 0 fully saturated rings. The molecule has 0 radical (unpaired) electrons. The van der Waals surface area contributed by atoms with Gasteiger partial charge in [-0.15, -0.1) is 0 Å². The second kappa shape index (κ2) is 8.85. The first-order valence-corrected chi connectivity index (χ1v) is 11.0. The third-order valence-electron chi connectivity index (χ3n) is 5.94. The van der Waals surface area contributed by atoms with Crippen LogP contribution in [0.5, 0.6) is 23.0 Å². The molecule has 0 bridgehead atoms. The third kappa shape index (κ3) is 3.94. The molecule has 4 rings (SSSR count). The van der Waals surface area contributed by atoms with Crippen LogP contribution in [0.15, 0.2) is 41.4 Å². The van der Waals surface area contributed by atoms with Gasteiger partial charge in [-0.3, -0.25) is 0 Å². The highest BCUT2D eigenvalue weighted by Gasteiger charge is 2.32. The molecule has 0 unspecified atom stereocenters. The first-order valence-electron chi connectivity index (χ1n) is 11.0. The highest BCUT2D eigenvalue weighted by Crippen LogP contribution is 2.50. The monoisotopic (exact) mass is 449 g/mol. The molecule has 0 spiro atoms. The highest BCUT2D eigenvalue weighted by atomic mass is 16.5. The van der Waals surface area contributed by atoms with Crippen LogP contribution in [0.2, 0.25) is 0 Å². The van der Waals surface area contributed by atoms with Crippen molar-refractivity contribution in [2.45, 2.75) is 32.7 Å². The Morgan fingerprint density at radius 3 is 2.12 bits per heavy atom. The van der Waals surface area contributed by atoms with E-state index in [0.29, 0.717) is 29.8 Å². The van der Waals surface area contributed by atoms with Crippen molar-refractivity contribution in [2.24, 2.45) is 4.99 Å². The quantitative estimate of drug-likeness (QED) is 0.466. The smallest absolute Gasteiger partial charge is 0.217 e. The summed E-state index contributed by atoms with van der Waals surface area (Å²) in [5, 5.41) is 1.81. The Morgan fingerprint density at radius 2 is 1.55 bits per heavy atom. The predicted molar refractivity (Wildman–Crippen MR) is 132 cm³/mol. The van der Waals surface area contributed by atoms with Gasteiger partial charge in [-0.1, -0.05) is 19.1 Å². The van der Waals surface area contributed by atoms with Crippen LogP contribution >= 0.6 is 0 Å². The van der Waals surface area contributed by atoms with Crippen LogP contribution in [-0.4, -0.2) is 46.5 Å². The van der Waals surface area contributed by atoms with Crippen molar-refractivity contribution >= 4 is 16.7 Å². The lowest BCUT2D eigenvalue weighted by atomic mass is 9.91. The van der Waals surface area contributed by atoms with E-state index in [1.54, 1.807) is 28.4 Å². The summed E-state index contributed by atoms with van der Waals surface area (Å²) < 4.78 is 29.5. The van der Waals surface area contributed by atoms with E-state index in [1.807, 2.05) is 30.3 Å². The summed E-state index contributed by atoms with van der Waals surface area (Å²) in [6.45, 7) is 6.75. The van der Waals surface area contributed by atoms with Gasteiger partial charge in [0.1, 0.15) is 29.6 Å². The minimum atomic E-state index is -0.299. The van der Waals surface area contributed by atoms with Crippen LogP contribution in [0.25, 0.3) is 21.9 Å². The summed E-state index contributed by atoms with van der Waals surface area (Å²) in [6.07, 6.45) is 0.851. The van der Waals surface area contributed by atoms with Gasteiger partial charge >= 0.3 is 0 Å². The molecule has 6 heteroatoms. The Bertz CT molecular complexity index is 1230. The molecule has 3 aromatic rings. The molecule has 174 valence electrons. The molecule has 0 atom stereocenters. The van der Waals surface area contributed by atoms with Crippen LogP contribution in [0.3, 0.4) is 0 Å². The average molecular weight is 450 g/mol. The second-order valence-electron chi connectivity index (χ2n) is 8.63. The number of hydrogen-bond donors (Lipinski definition) is 0. The Labute approximate surface area is 195 Å². The van der Waals surface area contributed by atoms with Crippen LogP contribution in [-0.2, 0) is 11.2 Å². The van der Waals surface area contributed by atoms with Crippen molar-refractivity contribution in [1.29, 1.82) is 0 Å². The summed E-state index contributed by atoms with van der Waals surface area (Å²) >= 11 is 0. The van der Waals surface area contributed by atoms with Gasteiger partial charge in [0.2, 0.25) is 5.90 Å². The maximum atomic E-state index is 6.08. The highest BCUT2D eigenvalue weighted by molar-refractivity contribution is 6.09. The van der Waals surface area contributed by atoms with Crippen LogP contribution < -0.4 is 18.9 Å². The minimum absolute atomic E-state index is 0.299. The number of hydrogen-bond acceptors (Lipinski definition) is 6. The molecule has 1 heterocycles. The third-order valence-corrected chi connectivity index (χ3v) is 5.94. The van der Waals surface area contributed by atoms with Crippen molar-refractivity contribution < 1.29 is 23.7 Å². The Morgan fingerprint density at radius 1 is 0.848 bits per heavy atom. The zero-order valence-electron chi connectivity index (χ0n) is 20.4. The van der Waals surface area contributed by atoms with Crippen molar-refractivity contribution in [1.82, 2.24) is 0 Å². The lowest BCUT2D eigenvalue weighted by molar-refractivity contribution is 0.279. The van der Waals surface area contributed by atoms with Gasteiger partial charge in [0.25, 0.3) is 0 Å². The van der Waals surface area contributed by atoms with E-state index in [4.69, 9.17) is 28.7 Å². The van der Waals surface area contributed by atoms with E-state index in [9.17, 15) is 0 Å². The van der Waals surface area contributed by atoms with Crippen LogP contribution in [0.4, 0.5) is 0 Å². The van der Waals surface area contributed by atoms with E-state index in [2.05, 4.69) is 26.8 Å². The molecule has 0 aromatic heterocycles. The molecular formula is C27H31NO5. The lowest BCUT2D eigenvalue weighted by Crippen LogP contribution is -2.17. The maximum Gasteiger partial charge on any atom is 0.217 e.